The summed E-state index contributed by atoms with van der Waals surface area (Å²) in [6.45, 7) is 1.71. The van der Waals surface area contributed by atoms with E-state index < -0.39 is 6.10 Å². The molecule has 0 heterocycles. The van der Waals surface area contributed by atoms with Crippen LogP contribution >= 0.6 is 0 Å². The van der Waals surface area contributed by atoms with Crippen LogP contribution in [0.4, 0.5) is 0 Å². The number of hydrogen-bond donors (Lipinski definition) is 2. The minimum atomic E-state index is -0.509. The van der Waals surface area contributed by atoms with E-state index in [4.69, 9.17) is 10.2 Å². The van der Waals surface area contributed by atoms with Gasteiger partial charge in [0.05, 0.1) is 12.7 Å². The molecule has 6 heavy (non-hydrogen) atoms. The second-order valence-corrected chi connectivity index (χ2v) is 1.24. The zero-order valence-electron chi connectivity index (χ0n) is 3.89. The lowest BCUT2D eigenvalue weighted by Gasteiger charge is -1.97. The van der Waals surface area contributed by atoms with Crippen LogP contribution in [0.2, 0.25) is 0 Å². The molecule has 0 radical (unpaired) electrons. The minimum absolute atomic E-state index is 0.115. The fourth-order valence-electron chi connectivity index (χ4n) is 0.129. The second-order valence-electron chi connectivity index (χ2n) is 1.24. The summed E-state index contributed by atoms with van der Waals surface area (Å²) in [5, 5.41) is 16.5. The minimum Gasteiger partial charge on any atom is -0.394 e. The zero-order valence-corrected chi connectivity index (χ0v) is 3.89. The monoisotopic (exact) mass is 90.1 g/mol. The van der Waals surface area contributed by atoms with E-state index in [9.17, 15) is 0 Å². The number of rotatable bonds is 2. The van der Waals surface area contributed by atoms with E-state index in [2.05, 4.69) is 0 Å². The summed E-state index contributed by atoms with van der Waals surface area (Å²) in [7, 11) is 0. The van der Waals surface area contributed by atoms with Crippen molar-refractivity contribution in [2.24, 2.45) is 0 Å². The van der Waals surface area contributed by atoms with Crippen molar-refractivity contribution in [2.45, 2.75) is 19.4 Å². The number of aliphatic hydroxyl groups excluding tert-OH is 2. The summed E-state index contributed by atoms with van der Waals surface area (Å²) in [5.41, 5.74) is 0. The largest absolute Gasteiger partial charge is 0.394 e. The van der Waals surface area contributed by atoms with Gasteiger partial charge in [0, 0.05) is 0 Å². The molecule has 1 unspecified atom stereocenters. The van der Waals surface area contributed by atoms with Gasteiger partial charge in [-0.25, -0.2) is 0 Å². The molecule has 0 bridgehead atoms. The summed E-state index contributed by atoms with van der Waals surface area (Å²) < 4.78 is 0. The van der Waals surface area contributed by atoms with Gasteiger partial charge < -0.3 is 10.2 Å². The van der Waals surface area contributed by atoms with Gasteiger partial charge in [0.2, 0.25) is 0 Å². The molecule has 38 valence electrons. The van der Waals surface area contributed by atoms with Gasteiger partial charge in [-0.3, -0.25) is 0 Å². The van der Waals surface area contributed by atoms with E-state index in [1.54, 1.807) is 0 Å². The van der Waals surface area contributed by atoms with Crippen molar-refractivity contribution in [1.82, 2.24) is 0 Å². The van der Waals surface area contributed by atoms with Crippen LogP contribution in [0, 0.1) is 0 Å². The Labute approximate surface area is 37.4 Å². The summed E-state index contributed by atoms with van der Waals surface area (Å²) >= 11 is 0. The molecule has 0 spiro atoms. The Balaban J connectivity index is 2.75. The van der Waals surface area contributed by atoms with Crippen molar-refractivity contribution >= 4 is 0 Å². The average Bonchev–Trinajstić information content (AvgIpc) is 1.65. The highest BCUT2D eigenvalue weighted by Gasteiger charge is 1.92. The third-order valence-electron chi connectivity index (χ3n) is 0.682. The predicted molar refractivity (Wildman–Crippen MR) is 23.4 cm³/mol. The fraction of sp³-hybridized carbons (Fsp3) is 1.00. The van der Waals surface area contributed by atoms with Gasteiger partial charge in [0.25, 0.3) is 0 Å². The first-order chi connectivity index (χ1) is 2.81. The summed E-state index contributed by atoms with van der Waals surface area (Å²) in [4.78, 5) is 0. The van der Waals surface area contributed by atoms with E-state index in [0.717, 1.165) is 0 Å². The molecule has 0 aliphatic carbocycles. The molecule has 0 aliphatic heterocycles. The lowest BCUT2D eigenvalue weighted by molar-refractivity contribution is 0.0923. The zero-order chi connectivity index (χ0) is 4.99. The van der Waals surface area contributed by atoms with Gasteiger partial charge >= 0.3 is 0 Å². The molecular formula is C4H10O2. The van der Waals surface area contributed by atoms with Crippen LogP contribution in [0.15, 0.2) is 0 Å². The predicted octanol–water partition coefficient (Wildman–Crippen LogP) is -0.250. The van der Waals surface area contributed by atoms with Crippen LogP contribution in [-0.4, -0.2) is 22.9 Å². The topological polar surface area (TPSA) is 40.5 Å². The van der Waals surface area contributed by atoms with Gasteiger partial charge in [-0.05, 0) is 6.42 Å². The molecule has 2 heteroatoms. The van der Waals surface area contributed by atoms with Crippen LogP contribution in [0.1, 0.15) is 13.3 Å². The number of hydrogen-bond acceptors (Lipinski definition) is 2. The second kappa shape index (κ2) is 3.12. The normalized spacial score (nSPS) is 14.5. The van der Waals surface area contributed by atoms with E-state index in [0.29, 0.717) is 6.42 Å². The van der Waals surface area contributed by atoms with Crippen LogP contribution in [0.5, 0.6) is 0 Å². The molecule has 0 saturated carbocycles. The van der Waals surface area contributed by atoms with Gasteiger partial charge in [-0.2, -0.15) is 0 Å². The van der Waals surface area contributed by atoms with Crippen LogP contribution in [-0.2, 0) is 0 Å². The van der Waals surface area contributed by atoms with E-state index in [1.165, 1.54) is 0 Å². The third kappa shape index (κ3) is 2.18. The smallest absolute Gasteiger partial charge is 0.0768 e. The van der Waals surface area contributed by atoms with Gasteiger partial charge in [0.15, 0.2) is 0 Å². The first-order valence-electron chi connectivity index (χ1n) is 2.10. The van der Waals surface area contributed by atoms with Gasteiger partial charge in [-0.15, -0.1) is 0 Å². The molecule has 0 aliphatic rings. The van der Waals surface area contributed by atoms with Gasteiger partial charge in [0.1, 0.15) is 0 Å². The van der Waals surface area contributed by atoms with Crippen LogP contribution in [0.25, 0.3) is 0 Å². The molecule has 0 saturated heterocycles. The molecular weight excluding hydrogens is 80.0 g/mol. The highest BCUT2D eigenvalue weighted by molar-refractivity contribution is 4.43. The molecule has 0 fully saturated rings. The molecule has 0 amide bonds. The van der Waals surface area contributed by atoms with E-state index in [1.807, 2.05) is 6.92 Å². The Bertz CT molecular complexity index is 24.7. The highest BCUT2D eigenvalue weighted by atomic mass is 16.3. The maximum Gasteiger partial charge on any atom is 0.0768 e. The standard InChI is InChI=1S/C4H10O2/c1-2-4(6)3-5/h4-6H,2-3H2,1H3. The molecule has 0 aromatic heterocycles. The maximum absolute atomic E-state index is 8.42. The molecule has 2 nitrogen and oxygen atoms in total. The Morgan fingerprint density at radius 2 is 2.17 bits per heavy atom. The quantitative estimate of drug-likeness (QED) is 0.491. The first kappa shape index (κ1) is 5.92. The van der Waals surface area contributed by atoms with Gasteiger partial charge in [-0.1, -0.05) is 6.92 Å². The summed E-state index contributed by atoms with van der Waals surface area (Å²) in [6.07, 6.45) is 0.126. The van der Waals surface area contributed by atoms with Crippen molar-refractivity contribution in [3.63, 3.8) is 0 Å². The Hall–Kier alpha value is -0.0800. The fourth-order valence-corrected chi connectivity index (χ4v) is 0.129. The van der Waals surface area contributed by atoms with E-state index in [-0.39, 0.29) is 6.61 Å². The van der Waals surface area contributed by atoms with E-state index >= 15 is 0 Å². The van der Waals surface area contributed by atoms with Crippen molar-refractivity contribution in [3.05, 3.63) is 0 Å². The molecule has 0 rings (SSSR count). The Kier molecular flexibility index (Phi) is 3.08. The third-order valence-corrected chi connectivity index (χ3v) is 0.682. The Morgan fingerprint density at radius 1 is 1.67 bits per heavy atom. The van der Waals surface area contributed by atoms with Crippen molar-refractivity contribution < 1.29 is 10.2 Å². The van der Waals surface area contributed by atoms with Crippen LogP contribution in [0.3, 0.4) is 0 Å². The lowest BCUT2D eigenvalue weighted by atomic mass is 10.3. The van der Waals surface area contributed by atoms with Crippen molar-refractivity contribution in [1.29, 1.82) is 0 Å². The number of aliphatic hydroxyl groups is 2. The SMILES string of the molecule is CCC(O)CO. The average molecular weight is 90.1 g/mol. The lowest BCUT2D eigenvalue weighted by Crippen LogP contribution is -2.08. The van der Waals surface area contributed by atoms with Crippen LogP contribution < -0.4 is 0 Å². The molecule has 2 N–H and O–H groups in total. The molecule has 0 aromatic carbocycles. The molecule has 1 atom stereocenters. The van der Waals surface area contributed by atoms with Crippen molar-refractivity contribution in [2.75, 3.05) is 6.61 Å². The Morgan fingerprint density at radius 3 is 2.17 bits per heavy atom. The maximum atomic E-state index is 8.42. The highest BCUT2D eigenvalue weighted by Crippen LogP contribution is 1.83. The van der Waals surface area contributed by atoms with Crippen molar-refractivity contribution in [3.8, 4) is 0 Å². The summed E-state index contributed by atoms with van der Waals surface area (Å²) in [6, 6.07) is 0. The molecule has 0 aromatic rings. The summed E-state index contributed by atoms with van der Waals surface area (Å²) in [5.74, 6) is 0. The first-order valence-corrected chi connectivity index (χ1v) is 2.10.